The second-order valence-electron chi connectivity index (χ2n) is 6.12. The number of rotatable bonds is 4. The van der Waals surface area contributed by atoms with Gasteiger partial charge in [0.05, 0.1) is 6.26 Å². The first kappa shape index (κ1) is 16.5. The predicted octanol–water partition coefficient (Wildman–Crippen LogP) is 3.46. The maximum atomic E-state index is 12.0. The van der Waals surface area contributed by atoms with Gasteiger partial charge in [0.1, 0.15) is 5.76 Å². The van der Waals surface area contributed by atoms with E-state index in [-0.39, 0.29) is 17.4 Å². The SMILES string of the molecule is CC(C)(C)NC(=O)c1ccc(NC(=O)/C=C/c2ccco2)cc1. The number of anilines is 1. The molecule has 0 saturated heterocycles. The fourth-order valence-corrected chi connectivity index (χ4v) is 1.85. The number of carbonyl (C=O) groups excluding carboxylic acids is 2. The molecule has 2 aromatic rings. The smallest absolute Gasteiger partial charge is 0.251 e. The monoisotopic (exact) mass is 312 g/mol. The van der Waals surface area contributed by atoms with Crippen LogP contribution in [0.2, 0.25) is 0 Å². The average Bonchev–Trinajstić information content (AvgIpc) is 2.97. The Labute approximate surface area is 135 Å². The predicted molar refractivity (Wildman–Crippen MR) is 90.0 cm³/mol. The van der Waals surface area contributed by atoms with E-state index in [0.717, 1.165) is 0 Å². The number of amides is 2. The standard InChI is InChI=1S/C18H20N2O3/c1-18(2,3)20-17(22)13-6-8-14(9-7-13)19-16(21)11-10-15-5-4-12-23-15/h4-12H,1-3H3,(H,19,21)(H,20,22)/b11-10+. The molecule has 0 fully saturated rings. The number of hydrogen-bond acceptors (Lipinski definition) is 3. The van der Waals surface area contributed by atoms with Crippen molar-refractivity contribution in [1.29, 1.82) is 0 Å². The van der Waals surface area contributed by atoms with E-state index < -0.39 is 0 Å². The minimum absolute atomic E-state index is 0.145. The molecule has 1 aromatic heterocycles. The average molecular weight is 312 g/mol. The molecule has 23 heavy (non-hydrogen) atoms. The van der Waals surface area contributed by atoms with Crippen molar-refractivity contribution in [2.75, 3.05) is 5.32 Å². The van der Waals surface area contributed by atoms with Crippen molar-refractivity contribution >= 4 is 23.6 Å². The van der Waals surface area contributed by atoms with Crippen LogP contribution in [0.15, 0.2) is 53.2 Å². The minimum atomic E-state index is -0.291. The Morgan fingerprint density at radius 2 is 1.78 bits per heavy atom. The fraction of sp³-hybridized carbons (Fsp3) is 0.222. The van der Waals surface area contributed by atoms with Gasteiger partial charge >= 0.3 is 0 Å². The zero-order valence-electron chi connectivity index (χ0n) is 13.4. The van der Waals surface area contributed by atoms with Gasteiger partial charge in [0.2, 0.25) is 5.91 Å². The number of nitrogens with one attached hydrogen (secondary N) is 2. The summed E-state index contributed by atoms with van der Waals surface area (Å²) in [5, 5.41) is 5.60. The lowest BCUT2D eigenvalue weighted by Crippen LogP contribution is -2.40. The molecule has 2 rings (SSSR count). The van der Waals surface area contributed by atoms with E-state index >= 15 is 0 Å². The van der Waals surface area contributed by atoms with Crippen molar-refractivity contribution in [2.24, 2.45) is 0 Å². The Morgan fingerprint density at radius 3 is 2.35 bits per heavy atom. The Bertz CT molecular complexity index is 693. The molecule has 2 N–H and O–H groups in total. The van der Waals surface area contributed by atoms with Crippen LogP contribution in [-0.2, 0) is 4.79 Å². The summed E-state index contributed by atoms with van der Waals surface area (Å²) < 4.78 is 5.10. The van der Waals surface area contributed by atoms with Gasteiger partial charge in [-0.3, -0.25) is 9.59 Å². The molecule has 1 heterocycles. The molecule has 0 aliphatic carbocycles. The largest absolute Gasteiger partial charge is 0.465 e. The number of hydrogen-bond donors (Lipinski definition) is 2. The van der Waals surface area contributed by atoms with Crippen molar-refractivity contribution in [1.82, 2.24) is 5.32 Å². The van der Waals surface area contributed by atoms with Gasteiger partial charge in [0.25, 0.3) is 5.91 Å². The molecule has 0 aliphatic heterocycles. The minimum Gasteiger partial charge on any atom is -0.465 e. The molecule has 5 nitrogen and oxygen atoms in total. The third-order valence-corrected chi connectivity index (χ3v) is 2.85. The maximum absolute atomic E-state index is 12.0. The molecular formula is C18H20N2O3. The van der Waals surface area contributed by atoms with E-state index in [1.807, 2.05) is 20.8 Å². The lowest BCUT2D eigenvalue weighted by atomic mass is 10.1. The summed E-state index contributed by atoms with van der Waals surface area (Å²) in [6.45, 7) is 5.76. The van der Waals surface area contributed by atoms with Gasteiger partial charge in [0.15, 0.2) is 0 Å². The fourth-order valence-electron chi connectivity index (χ4n) is 1.85. The highest BCUT2D eigenvalue weighted by molar-refractivity contribution is 6.02. The van der Waals surface area contributed by atoms with Crippen LogP contribution in [0.1, 0.15) is 36.9 Å². The normalized spacial score (nSPS) is 11.4. The maximum Gasteiger partial charge on any atom is 0.251 e. The van der Waals surface area contributed by atoms with Crippen molar-refractivity contribution < 1.29 is 14.0 Å². The van der Waals surface area contributed by atoms with Crippen LogP contribution >= 0.6 is 0 Å². The van der Waals surface area contributed by atoms with Crippen molar-refractivity contribution in [3.63, 3.8) is 0 Å². The first-order valence-corrected chi connectivity index (χ1v) is 7.29. The van der Waals surface area contributed by atoms with E-state index in [0.29, 0.717) is 17.0 Å². The Morgan fingerprint density at radius 1 is 1.09 bits per heavy atom. The Kier molecular flexibility index (Phi) is 5.01. The van der Waals surface area contributed by atoms with Gasteiger partial charge in [-0.2, -0.15) is 0 Å². The van der Waals surface area contributed by atoms with Crippen LogP contribution in [0.5, 0.6) is 0 Å². The molecule has 0 atom stereocenters. The van der Waals surface area contributed by atoms with Crippen LogP contribution in [-0.4, -0.2) is 17.4 Å². The zero-order chi connectivity index (χ0) is 16.9. The molecular weight excluding hydrogens is 292 g/mol. The lowest BCUT2D eigenvalue weighted by Gasteiger charge is -2.20. The summed E-state index contributed by atoms with van der Waals surface area (Å²) in [5.74, 6) is 0.190. The topological polar surface area (TPSA) is 71.3 Å². The van der Waals surface area contributed by atoms with Crippen LogP contribution in [0.25, 0.3) is 6.08 Å². The number of benzene rings is 1. The van der Waals surface area contributed by atoms with Gasteiger partial charge in [0, 0.05) is 22.9 Å². The van der Waals surface area contributed by atoms with E-state index in [4.69, 9.17) is 4.42 Å². The lowest BCUT2D eigenvalue weighted by molar-refractivity contribution is -0.111. The third kappa shape index (κ3) is 5.47. The van der Waals surface area contributed by atoms with Crippen molar-refractivity contribution in [2.45, 2.75) is 26.3 Å². The van der Waals surface area contributed by atoms with Crippen molar-refractivity contribution in [3.05, 3.63) is 60.1 Å². The van der Waals surface area contributed by atoms with Crippen LogP contribution in [0.4, 0.5) is 5.69 Å². The quantitative estimate of drug-likeness (QED) is 0.849. The van der Waals surface area contributed by atoms with E-state index in [9.17, 15) is 9.59 Å². The second kappa shape index (κ2) is 6.96. The molecule has 0 unspecified atom stereocenters. The molecule has 0 radical (unpaired) electrons. The van der Waals surface area contributed by atoms with Gasteiger partial charge in [-0.1, -0.05) is 0 Å². The molecule has 120 valence electrons. The molecule has 5 heteroatoms. The third-order valence-electron chi connectivity index (χ3n) is 2.85. The summed E-state index contributed by atoms with van der Waals surface area (Å²) in [7, 11) is 0. The van der Waals surface area contributed by atoms with Crippen LogP contribution in [0.3, 0.4) is 0 Å². The highest BCUT2D eigenvalue weighted by Gasteiger charge is 2.15. The summed E-state index contributed by atoms with van der Waals surface area (Å²) in [6.07, 6.45) is 4.51. The summed E-state index contributed by atoms with van der Waals surface area (Å²) >= 11 is 0. The summed E-state index contributed by atoms with van der Waals surface area (Å²) in [4.78, 5) is 23.8. The molecule has 0 spiro atoms. The van der Waals surface area contributed by atoms with E-state index in [1.54, 1.807) is 48.7 Å². The van der Waals surface area contributed by atoms with Gasteiger partial charge in [-0.15, -0.1) is 0 Å². The highest BCUT2D eigenvalue weighted by Crippen LogP contribution is 2.11. The highest BCUT2D eigenvalue weighted by atomic mass is 16.3. The molecule has 0 saturated carbocycles. The molecule has 2 amide bonds. The van der Waals surface area contributed by atoms with E-state index in [2.05, 4.69) is 10.6 Å². The number of furan rings is 1. The molecule has 0 aliphatic rings. The van der Waals surface area contributed by atoms with Gasteiger partial charge in [-0.25, -0.2) is 0 Å². The first-order chi connectivity index (χ1) is 10.8. The van der Waals surface area contributed by atoms with Gasteiger partial charge in [-0.05, 0) is 63.2 Å². The zero-order valence-corrected chi connectivity index (χ0v) is 13.4. The van der Waals surface area contributed by atoms with Crippen molar-refractivity contribution in [3.8, 4) is 0 Å². The second-order valence-corrected chi connectivity index (χ2v) is 6.12. The summed E-state index contributed by atoms with van der Waals surface area (Å²) in [5.41, 5.74) is 0.871. The number of carbonyl (C=O) groups is 2. The van der Waals surface area contributed by atoms with Crippen LogP contribution < -0.4 is 10.6 Å². The van der Waals surface area contributed by atoms with Gasteiger partial charge < -0.3 is 15.1 Å². The Balaban J connectivity index is 1.94. The molecule has 1 aromatic carbocycles. The Hall–Kier alpha value is -2.82. The summed E-state index contributed by atoms with van der Waals surface area (Å²) in [6, 6.07) is 10.2. The van der Waals surface area contributed by atoms with E-state index in [1.165, 1.54) is 6.08 Å². The first-order valence-electron chi connectivity index (χ1n) is 7.29. The van der Waals surface area contributed by atoms with Crippen LogP contribution in [0, 0.1) is 0 Å². The molecule has 0 bridgehead atoms.